The molecule has 0 bridgehead atoms. The van der Waals surface area contributed by atoms with Gasteiger partial charge < -0.3 is 20.7 Å². The standard InChI is InChI=1S/C21H35N5O2.HI/c1-4-12-23-20(27)11-13-24-21(22-2)25-16-19(26-14-5-6-15-26)17-7-9-18(28-3)10-8-17;/h7-10,19H,4-6,11-16H2,1-3H3,(H,23,27)(H2,22,24,25);1H. The minimum atomic E-state index is 0. The normalized spacial score (nSPS) is 15.3. The van der Waals surface area contributed by atoms with Crippen LogP contribution < -0.4 is 20.7 Å². The number of benzene rings is 1. The van der Waals surface area contributed by atoms with E-state index in [2.05, 4.69) is 38.0 Å². The van der Waals surface area contributed by atoms with Crippen molar-refractivity contribution in [2.45, 2.75) is 38.6 Å². The molecule has 0 radical (unpaired) electrons. The summed E-state index contributed by atoms with van der Waals surface area (Å²) in [6, 6.07) is 8.58. The van der Waals surface area contributed by atoms with Gasteiger partial charge in [0.25, 0.3) is 0 Å². The molecule has 3 N–H and O–H groups in total. The van der Waals surface area contributed by atoms with Crippen molar-refractivity contribution in [3.8, 4) is 5.75 Å². The topological polar surface area (TPSA) is 78.0 Å². The molecule has 2 rings (SSSR count). The van der Waals surface area contributed by atoms with Crippen LogP contribution in [-0.4, -0.2) is 63.6 Å². The third-order valence-electron chi connectivity index (χ3n) is 4.99. The van der Waals surface area contributed by atoms with Crippen LogP contribution >= 0.6 is 24.0 Å². The second-order valence-electron chi connectivity index (χ2n) is 7.01. The Bertz CT molecular complexity index is 618. The zero-order chi connectivity index (χ0) is 20.2. The van der Waals surface area contributed by atoms with Crippen LogP contribution in [0.25, 0.3) is 0 Å². The maximum Gasteiger partial charge on any atom is 0.221 e. The van der Waals surface area contributed by atoms with Crippen molar-refractivity contribution in [1.29, 1.82) is 0 Å². The average molecular weight is 517 g/mol. The van der Waals surface area contributed by atoms with Crippen LogP contribution in [0.3, 0.4) is 0 Å². The van der Waals surface area contributed by atoms with Crippen LogP contribution in [0, 0.1) is 0 Å². The van der Waals surface area contributed by atoms with Crippen LogP contribution in [-0.2, 0) is 4.79 Å². The molecular weight excluding hydrogens is 481 g/mol. The van der Waals surface area contributed by atoms with Gasteiger partial charge in [-0.05, 0) is 50.0 Å². The van der Waals surface area contributed by atoms with Gasteiger partial charge in [0.15, 0.2) is 5.96 Å². The summed E-state index contributed by atoms with van der Waals surface area (Å²) in [5.41, 5.74) is 1.27. The maximum atomic E-state index is 11.7. The van der Waals surface area contributed by atoms with Gasteiger partial charge in [-0.1, -0.05) is 19.1 Å². The number of amides is 1. The van der Waals surface area contributed by atoms with E-state index >= 15 is 0 Å². The fourth-order valence-electron chi connectivity index (χ4n) is 3.40. The number of carbonyl (C=O) groups excluding carboxylic acids is 1. The van der Waals surface area contributed by atoms with E-state index in [-0.39, 0.29) is 35.9 Å². The first-order chi connectivity index (χ1) is 13.7. The third kappa shape index (κ3) is 8.77. The predicted molar refractivity (Wildman–Crippen MR) is 129 cm³/mol. The number of guanidine groups is 1. The number of halogens is 1. The lowest BCUT2D eigenvalue weighted by molar-refractivity contribution is -0.120. The van der Waals surface area contributed by atoms with Gasteiger partial charge >= 0.3 is 0 Å². The minimum Gasteiger partial charge on any atom is -0.497 e. The highest BCUT2D eigenvalue weighted by molar-refractivity contribution is 14.0. The van der Waals surface area contributed by atoms with E-state index in [4.69, 9.17) is 4.74 Å². The number of aliphatic imine (C=N–C) groups is 1. The lowest BCUT2D eigenvalue weighted by atomic mass is 10.1. The Morgan fingerprint density at radius 3 is 2.41 bits per heavy atom. The molecule has 1 aliphatic heterocycles. The Balaban J connectivity index is 0.00000420. The molecular formula is C21H36IN5O2. The molecule has 0 saturated carbocycles. The number of nitrogens with zero attached hydrogens (tertiary/aromatic N) is 2. The SMILES string of the molecule is CCCNC(=O)CCNC(=NC)NCC(c1ccc(OC)cc1)N1CCCC1.I. The summed E-state index contributed by atoms with van der Waals surface area (Å²) in [7, 11) is 3.44. The summed E-state index contributed by atoms with van der Waals surface area (Å²) in [5.74, 6) is 1.66. The minimum absolute atomic E-state index is 0. The van der Waals surface area contributed by atoms with Crippen LogP contribution in [0.1, 0.15) is 44.2 Å². The highest BCUT2D eigenvalue weighted by atomic mass is 127. The van der Waals surface area contributed by atoms with Crippen molar-refractivity contribution in [1.82, 2.24) is 20.9 Å². The smallest absolute Gasteiger partial charge is 0.221 e. The molecule has 1 saturated heterocycles. The molecule has 1 fully saturated rings. The molecule has 1 unspecified atom stereocenters. The van der Waals surface area contributed by atoms with Crippen molar-refractivity contribution in [2.24, 2.45) is 4.99 Å². The molecule has 0 aliphatic carbocycles. The van der Waals surface area contributed by atoms with Gasteiger partial charge in [0, 0.05) is 33.1 Å². The number of hydrogen-bond acceptors (Lipinski definition) is 4. The maximum absolute atomic E-state index is 11.7. The van der Waals surface area contributed by atoms with Crippen molar-refractivity contribution < 1.29 is 9.53 Å². The number of methoxy groups -OCH3 is 1. The summed E-state index contributed by atoms with van der Waals surface area (Å²) in [5, 5.41) is 9.54. The Kier molecular flexibility index (Phi) is 12.7. The molecule has 164 valence electrons. The number of rotatable bonds is 10. The number of ether oxygens (including phenoxy) is 1. The fourth-order valence-corrected chi connectivity index (χ4v) is 3.40. The second kappa shape index (κ2) is 14.4. The highest BCUT2D eigenvalue weighted by Crippen LogP contribution is 2.26. The Hall–Kier alpha value is -1.55. The molecule has 0 spiro atoms. The molecule has 8 heteroatoms. The molecule has 1 aromatic rings. The summed E-state index contributed by atoms with van der Waals surface area (Å²) in [6.07, 6.45) is 3.87. The number of carbonyl (C=O) groups is 1. The van der Waals surface area contributed by atoms with Gasteiger partial charge in [0.1, 0.15) is 5.75 Å². The number of likely N-dealkylation sites (tertiary alicyclic amines) is 1. The first-order valence-corrected chi connectivity index (χ1v) is 10.3. The van der Waals surface area contributed by atoms with Crippen LogP contribution in [0.2, 0.25) is 0 Å². The summed E-state index contributed by atoms with van der Waals surface area (Å²) >= 11 is 0. The molecule has 1 aromatic carbocycles. The molecule has 1 heterocycles. The van der Waals surface area contributed by atoms with E-state index in [1.165, 1.54) is 18.4 Å². The Morgan fingerprint density at radius 2 is 1.83 bits per heavy atom. The molecule has 1 aliphatic rings. The zero-order valence-corrected chi connectivity index (χ0v) is 20.2. The zero-order valence-electron chi connectivity index (χ0n) is 17.9. The number of hydrogen-bond donors (Lipinski definition) is 3. The third-order valence-corrected chi connectivity index (χ3v) is 4.99. The van der Waals surface area contributed by atoms with Gasteiger partial charge in [-0.2, -0.15) is 0 Å². The lowest BCUT2D eigenvalue weighted by Crippen LogP contribution is -2.43. The first-order valence-electron chi connectivity index (χ1n) is 10.3. The Labute approximate surface area is 192 Å². The summed E-state index contributed by atoms with van der Waals surface area (Å²) in [4.78, 5) is 18.5. The van der Waals surface area contributed by atoms with E-state index in [9.17, 15) is 4.79 Å². The predicted octanol–water partition coefficient (Wildman–Crippen LogP) is 2.53. The first kappa shape index (κ1) is 25.5. The lowest BCUT2D eigenvalue weighted by Gasteiger charge is -2.29. The molecule has 29 heavy (non-hydrogen) atoms. The van der Waals surface area contributed by atoms with Gasteiger partial charge in [0.2, 0.25) is 5.91 Å². The number of nitrogens with one attached hydrogen (secondary N) is 3. The highest BCUT2D eigenvalue weighted by Gasteiger charge is 2.23. The quantitative estimate of drug-likeness (QED) is 0.253. The summed E-state index contributed by atoms with van der Waals surface area (Å²) in [6.45, 7) is 6.32. The van der Waals surface area contributed by atoms with Gasteiger partial charge in [-0.25, -0.2) is 0 Å². The van der Waals surface area contributed by atoms with Crippen LogP contribution in [0.15, 0.2) is 29.3 Å². The van der Waals surface area contributed by atoms with Crippen molar-refractivity contribution in [3.05, 3.63) is 29.8 Å². The van der Waals surface area contributed by atoms with E-state index in [1.807, 2.05) is 19.1 Å². The molecule has 7 nitrogen and oxygen atoms in total. The van der Waals surface area contributed by atoms with Crippen molar-refractivity contribution in [2.75, 3.05) is 46.9 Å². The van der Waals surface area contributed by atoms with Crippen LogP contribution in [0.4, 0.5) is 0 Å². The fraction of sp³-hybridized carbons (Fsp3) is 0.619. The average Bonchev–Trinajstić information content (AvgIpc) is 3.26. The van der Waals surface area contributed by atoms with Gasteiger partial charge in [-0.15, -0.1) is 24.0 Å². The van der Waals surface area contributed by atoms with E-state index < -0.39 is 0 Å². The van der Waals surface area contributed by atoms with Gasteiger partial charge in [-0.3, -0.25) is 14.7 Å². The molecule has 1 atom stereocenters. The second-order valence-corrected chi connectivity index (χ2v) is 7.01. The largest absolute Gasteiger partial charge is 0.497 e. The van der Waals surface area contributed by atoms with Gasteiger partial charge in [0.05, 0.1) is 13.2 Å². The molecule has 1 amide bonds. The summed E-state index contributed by atoms with van der Waals surface area (Å²) < 4.78 is 5.29. The van der Waals surface area contributed by atoms with Crippen molar-refractivity contribution in [3.63, 3.8) is 0 Å². The van der Waals surface area contributed by atoms with E-state index in [1.54, 1.807) is 14.2 Å². The molecule has 0 aromatic heterocycles. The van der Waals surface area contributed by atoms with E-state index in [0.29, 0.717) is 13.0 Å². The monoisotopic (exact) mass is 517 g/mol. The van der Waals surface area contributed by atoms with Crippen LogP contribution in [0.5, 0.6) is 5.75 Å². The van der Waals surface area contributed by atoms with Crippen molar-refractivity contribution >= 4 is 35.8 Å². The van der Waals surface area contributed by atoms with E-state index in [0.717, 1.165) is 44.3 Å². The Morgan fingerprint density at radius 1 is 1.14 bits per heavy atom.